The van der Waals surface area contributed by atoms with E-state index in [4.69, 9.17) is 4.74 Å². The average Bonchev–Trinajstić information content (AvgIpc) is 2.91. The van der Waals surface area contributed by atoms with Gasteiger partial charge in [0.15, 0.2) is 11.6 Å². The quantitative estimate of drug-likeness (QED) is 0.758. The molecule has 0 saturated heterocycles. The highest BCUT2D eigenvalue weighted by molar-refractivity contribution is 5.24. The fraction of sp³-hybridized carbons (Fsp3) is 0.429. The molecule has 0 unspecified atom stereocenters. The second-order valence-corrected chi connectivity index (χ2v) is 4.57. The van der Waals surface area contributed by atoms with Gasteiger partial charge in [0, 0.05) is 18.8 Å². The summed E-state index contributed by atoms with van der Waals surface area (Å²) in [7, 11) is 0. The summed E-state index contributed by atoms with van der Waals surface area (Å²) in [5.41, 5.74) is 0.834. The van der Waals surface area contributed by atoms with Crippen LogP contribution in [0.2, 0.25) is 0 Å². The lowest BCUT2D eigenvalue weighted by Gasteiger charge is -2.06. The largest absolute Gasteiger partial charge is 0.488 e. The molecule has 2 rings (SSSR count). The molecular formula is C14H18F2N4O. The van der Waals surface area contributed by atoms with Crippen LogP contribution in [0.5, 0.6) is 5.75 Å². The number of rotatable bonds is 8. The number of hydrogen-bond acceptors (Lipinski definition) is 4. The lowest BCUT2D eigenvalue weighted by molar-refractivity contribution is 0.275. The molecule has 1 heterocycles. The minimum atomic E-state index is -0.584. The maximum atomic E-state index is 13.3. The molecule has 2 aromatic rings. The van der Waals surface area contributed by atoms with Gasteiger partial charge in [-0.15, -0.1) is 5.10 Å². The van der Waals surface area contributed by atoms with Crippen LogP contribution in [-0.2, 0) is 13.1 Å². The number of nitrogens with one attached hydrogen (secondary N) is 1. The first kappa shape index (κ1) is 15.4. The third-order valence-electron chi connectivity index (χ3n) is 2.79. The molecule has 0 aliphatic heterocycles. The monoisotopic (exact) mass is 296 g/mol. The van der Waals surface area contributed by atoms with E-state index < -0.39 is 11.6 Å². The van der Waals surface area contributed by atoms with E-state index in [0.29, 0.717) is 13.1 Å². The van der Waals surface area contributed by atoms with Gasteiger partial charge in [0.25, 0.3) is 0 Å². The minimum Gasteiger partial charge on any atom is -0.488 e. The molecule has 1 aromatic heterocycles. The van der Waals surface area contributed by atoms with Crippen molar-refractivity contribution in [3.8, 4) is 5.75 Å². The molecule has 21 heavy (non-hydrogen) atoms. The molecule has 0 amide bonds. The zero-order valence-electron chi connectivity index (χ0n) is 11.9. The lowest BCUT2D eigenvalue weighted by atomic mass is 10.3. The van der Waals surface area contributed by atoms with Gasteiger partial charge >= 0.3 is 0 Å². The summed E-state index contributed by atoms with van der Waals surface area (Å²) < 4.78 is 33.1. The van der Waals surface area contributed by atoms with Crippen LogP contribution in [0.15, 0.2) is 24.4 Å². The predicted molar refractivity (Wildman–Crippen MR) is 73.9 cm³/mol. The zero-order chi connectivity index (χ0) is 15.1. The molecule has 7 heteroatoms. The summed E-state index contributed by atoms with van der Waals surface area (Å²) in [5, 5.41) is 11.2. The number of halogens is 2. The molecule has 0 radical (unpaired) electrons. The van der Waals surface area contributed by atoms with Crippen LogP contribution in [0.4, 0.5) is 8.78 Å². The molecular weight excluding hydrogens is 278 g/mol. The molecule has 0 fully saturated rings. The molecule has 0 atom stereocenters. The van der Waals surface area contributed by atoms with Crippen molar-refractivity contribution in [1.29, 1.82) is 0 Å². The standard InChI is InChI=1S/C14H18F2N4O/c1-2-5-17-9-12-10-20(19-18-12)6-7-21-14-8-11(15)3-4-13(14)16/h3-4,8,10,17H,2,5-7,9H2,1H3. The van der Waals surface area contributed by atoms with E-state index in [9.17, 15) is 8.78 Å². The van der Waals surface area contributed by atoms with Crippen molar-refractivity contribution >= 4 is 0 Å². The first-order chi connectivity index (χ1) is 10.2. The smallest absolute Gasteiger partial charge is 0.165 e. The lowest BCUT2D eigenvalue weighted by Crippen LogP contribution is -2.14. The van der Waals surface area contributed by atoms with E-state index in [1.165, 1.54) is 0 Å². The highest BCUT2D eigenvalue weighted by Gasteiger charge is 2.05. The van der Waals surface area contributed by atoms with Crippen LogP contribution in [0.25, 0.3) is 0 Å². The third kappa shape index (κ3) is 4.78. The average molecular weight is 296 g/mol. The van der Waals surface area contributed by atoms with Crippen LogP contribution >= 0.6 is 0 Å². The highest BCUT2D eigenvalue weighted by Crippen LogP contribution is 2.17. The predicted octanol–water partition coefficient (Wildman–Crippen LogP) is 2.13. The maximum absolute atomic E-state index is 13.3. The third-order valence-corrected chi connectivity index (χ3v) is 2.79. The Morgan fingerprint density at radius 3 is 3.00 bits per heavy atom. The van der Waals surface area contributed by atoms with Crippen molar-refractivity contribution < 1.29 is 13.5 Å². The van der Waals surface area contributed by atoms with Crippen molar-refractivity contribution in [3.63, 3.8) is 0 Å². The van der Waals surface area contributed by atoms with Gasteiger partial charge in [0.05, 0.1) is 12.2 Å². The number of aromatic nitrogens is 3. The summed E-state index contributed by atoms with van der Waals surface area (Å²) in [6, 6.07) is 3.11. The number of benzene rings is 1. The van der Waals surface area contributed by atoms with Gasteiger partial charge in [-0.05, 0) is 25.1 Å². The van der Waals surface area contributed by atoms with Crippen molar-refractivity contribution in [3.05, 3.63) is 41.7 Å². The maximum Gasteiger partial charge on any atom is 0.165 e. The molecule has 0 aliphatic carbocycles. The Morgan fingerprint density at radius 2 is 2.19 bits per heavy atom. The molecule has 0 aliphatic rings. The highest BCUT2D eigenvalue weighted by atomic mass is 19.1. The first-order valence-corrected chi connectivity index (χ1v) is 6.86. The number of ether oxygens (including phenoxy) is 1. The summed E-state index contributed by atoms with van der Waals surface area (Å²) in [5.74, 6) is -1.21. The van der Waals surface area contributed by atoms with Gasteiger partial charge in [-0.1, -0.05) is 12.1 Å². The summed E-state index contributed by atoms with van der Waals surface area (Å²) >= 11 is 0. The first-order valence-electron chi connectivity index (χ1n) is 6.86. The van der Waals surface area contributed by atoms with E-state index in [2.05, 4.69) is 22.6 Å². The Kier molecular flexibility index (Phi) is 5.62. The van der Waals surface area contributed by atoms with E-state index in [1.54, 1.807) is 10.9 Å². The Labute approximate surface area is 121 Å². The molecule has 1 N–H and O–H groups in total. The zero-order valence-corrected chi connectivity index (χ0v) is 11.9. The molecule has 1 aromatic carbocycles. The summed E-state index contributed by atoms with van der Waals surface area (Å²) in [6.07, 6.45) is 2.86. The van der Waals surface area contributed by atoms with Gasteiger partial charge in [0.2, 0.25) is 0 Å². The Bertz CT molecular complexity index is 574. The molecule has 5 nitrogen and oxygen atoms in total. The van der Waals surface area contributed by atoms with Crippen LogP contribution in [0.3, 0.4) is 0 Å². The fourth-order valence-corrected chi connectivity index (χ4v) is 1.76. The molecule has 0 saturated carbocycles. The normalized spacial score (nSPS) is 10.8. The Morgan fingerprint density at radius 1 is 1.33 bits per heavy atom. The molecule has 0 spiro atoms. The van der Waals surface area contributed by atoms with Crippen LogP contribution in [0.1, 0.15) is 19.0 Å². The van der Waals surface area contributed by atoms with E-state index in [1.807, 2.05) is 0 Å². The van der Waals surface area contributed by atoms with Gasteiger partial charge < -0.3 is 10.1 Å². The Hall–Kier alpha value is -2.02. The van der Waals surface area contributed by atoms with E-state index in [-0.39, 0.29) is 12.4 Å². The summed E-state index contributed by atoms with van der Waals surface area (Å²) in [4.78, 5) is 0. The van der Waals surface area contributed by atoms with E-state index >= 15 is 0 Å². The van der Waals surface area contributed by atoms with Crippen molar-refractivity contribution in [1.82, 2.24) is 20.3 Å². The van der Waals surface area contributed by atoms with Gasteiger partial charge in [0.1, 0.15) is 12.4 Å². The fourth-order valence-electron chi connectivity index (χ4n) is 1.76. The van der Waals surface area contributed by atoms with E-state index in [0.717, 1.165) is 36.9 Å². The SMILES string of the molecule is CCCNCc1cn(CCOc2cc(F)ccc2F)nn1. The number of nitrogens with zero attached hydrogens (tertiary/aromatic N) is 3. The van der Waals surface area contributed by atoms with Gasteiger partial charge in [-0.2, -0.15) is 0 Å². The number of hydrogen-bond donors (Lipinski definition) is 1. The van der Waals surface area contributed by atoms with Crippen molar-refractivity contribution in [2.45, 2.75) is 26.4 Å². The van der Waals surface area contributed by atoms with Crippen LogP contribution < -0.4 is 10.1 Å². The van der Waals surface area contributed by atoms with Crippen molar-refractivity contribution in [2.75, 3.05) is 13.2 Å². The van der Waals surface area contributed by atoms with Crippen LogP contribution in [-0.4, -0.2) is 28.1 Å². The van der Waals surface area contributed by atoms with Crippen LogP contribution in [0, 0.1) is 11.6 Å². The van der Waals surface area contributed by atoms with Gasteiger partial charge in [-0.25, -0.2) is 13.5 Å². The molecule has 0 bridgehead atoms. The topological polar surface area (TPSA) is 52.0 Å². The summed E-state index contributed by atoms with van der Waals surface area (Å²) in [6.45, 7) is 4.27. The van der Waals surface area contributed by atoms with Crippen molar-refractivity contribution in [2.24, 2.45) is 0 Å². The Balaban J connectivity index is 1.79. The van der Waals surface area contributed by atoms with Gasteiger partial charge in [-0.3, -0.25) is 0 Å². The second kappa shape index (κ2) is 7.68. The second-order valence-electron chi connectivity index (χ2n) is 4.57. The molecule has 114 valence electrons. The minimum absolute atomic E-state index is 0.0973.